The first-order chi connectivity index (χ1) is 17.5. The van der Waals surface area contributed by atoms with Crippen LogP contribution < -0.4 is 5.32 Å². The van der Waals surface area contributed by atoms with Crippen LogP contribution in [0.15, 0.2) is 58.8 Å². The number of hydrogen-bond acceptors (Lipinski definition) is 5. The Balaban J connectivity index is 1.73. The summed E-state index contributed by atoms with van der Waals surface area (Å²) in [6, 6.07) is 11.4. The second kappa shape index (κ2) is 10.2. The molecule has 0 radical (unpaired) electrons. The van der Waals surface area contributed by atoms with Gasteiger partial charge in [0.15, 0.2) is 5.82 Å². The number of rotatable bonds is 6. The molecule has 1 N–H and O–H groups in total. The molecule has 0 spiro atoms. The zero-order valence-corrected chi connectivity index (χ0v) is 20.9. The molecule has 12 heteroatoms. The fraction of sp³-hybridized carbons (Fsp3) is 0.240. The topological polar surface area (TPSA) is 72.3 Å². The number of nitrogens with one attached hydrogen (secondary N) is 1. The van der Waals surface area contributed by atoms with E-state index in [1.807, 2.05) is 0 Å². The molecule has 0 saturated heterocycles. The van der Waals surface area contributed by atoms with E-state index >= 15 is 0 Å². The highest BCUT2D eigenvalue weighted by molar-refractivity contribution is 6.35. The van der Waals surface area contributed by atoms with Crippen molar-refractivity contribution < 1.29 is 32.0 Å². The van der Waals surface area contributed by atoms with Crippen LogP contribution in [0.3, 0.4) is 0 Å². The van der Waals surface area contributed by atoms with Crippen molar-refractivity contribution in [1.82, 2.24) is 5.32 Å². The number of hydrogen-bond donors (Lipinski definition) is 1. The van der Waals surface area contributed by atoms with Gasteiger partial charge in [-0.15, -0.1) is 0 Å². The lowest BCUT2D eigenvalue weighted by atomic mass is 9.85. The van der Waals surface area contributed by atoms with Crippen LogP contribution in [0.5, 0.6) is 0 Å². The second-order valence-corrected chi connectivity index (χ2v) is 9.10. The number of amides is 1. The van der Waals surface area contributed by atoms with Gasteiger partial charge in [0, 0.05) is 23.1 Å². The van der Waals surface area contributed by atoms with Crippen molar-refractivity contribution in [1.29, 1.82) is 0 Å². The van der Waals surface area contributed by atoms with Gasteiger partial charge in [-0.2, -0.15) is 13.2 Å². The smallest absolute Gasteiger partial charge is 0.399 e. The molecule has 37 heavy (non-hydrogen) atoms. The van der Waals surface area contributed by atoms with Gasteiger partial charge < -0.3 is 15.0 Å². The summed E-state index contributed by atoms with van der Waals surface area (Å²) in [5.41, 5.74) is -2.24. The van der Waals surface area contributed by atoms with Crippen LogP contribution in [0.1, 0.15) is 34.8 Å². The van der Waals surface area contributed by atoms with E-state index in [9.17, 15) is 22.4 Å². The minimum atomic E-state index is -4.94. The number of fused-ring (bicyclic) bond motifs is 1. The van der Waals surface area contributed by atoms with E-state index in [1.165, 1.54) is 19.2 Å². The predicted octanol–water partition coefficient (Wildman–Crippen LogP) is 6.62. The number of carbonyl (C=O) groups is 1. The van der Waals surface area contributed by atoms with Gasteiger partial charge in [0.25, 0.3) is 11.5 Å². The van der Waals surface area contributed by atoms with E-state index in [-0.39, 0.29) is 12.3 Å². The molecule has 1 unspecified atom stereocenters. The molecule has 194 valence electrons. The van der Waals surface area contributed by atoms with Crippen molar-refractivity contribution in [2.24, 2.45) is 10.3 Å². The lowest BCUT2D eigenvalue weighted by molar-refractivity contribution is -0.275. The first-order valence-corrected chi connectivity index (χ1v) is 11.6. The quantitative estimate of drug-likeness (QED) is 0.161. The zero-order valence-electron chi connectivity index (χ0n) is 19.4. The molecule has 1 amide bonds. The van der Waals surface area contributed by atoms with Crippen LogP contribution in [0.25, 0.3) is 10.8 Å². The molecule has 3 aromatic rings. The van der Waals surface area contributed by atoms with E-state index < -0.39 is 45.5 Å². The van der Waals surface area contributed by atoms with Gasteiger partial charge in [0.05, 0.1) is 28.0 Å². The Hall–Kier alpha value is -3.37. The Labute approximate surface area is 218 Å². The second-order valence-electron chi connectivity index (χ2n) is 8.28. The van der Waals surface area contributed by atoms with Crippen molar-refractivity contribution in [3.63, 3.8) is 0 Å². The molecule has 1 heterocycles. The van der Waals surface area contributed by atoms with Gasteiger partial charge >= 0.3 is 6.18 Å². The van der Waals surface area contributed by atoms with Gasteiger partial charge in [0.1, 0.15) is 7.11 Å². The molecule has 0 fully saturated rings. The highest BCUT2D eigenvalue weighted by Gasteiger charge is 2.62. The summed E-state index contributed by atoms with van der Waals surface area (Å²) < 4.78 is 57.1. The van der Waals surface area contributed by atoms with Crippen molar-refractivity contribution in [3.8, 4) is 0 Å². The molecule has 6 nitrogen and oxygen atoms in total. The highest BCUT2D eigenvalue weighted by atomic mass is 35.5. The Morgan fingerprint density at radius 2 is 1.81 bits per heavy atom. The minimum absolute atomic E-state index is 0.0138. The number of nitrogens with zero attached hydrogens (tertiary/aromatic N) is 2. The summed E-state index contributed by atoms with van der Waals surface area (Å²) >= 11 is 11.6. The molecular weight excluding hydrogens is 537 g/mol. The lowest BCUT2D eigenvalue weighted by Gasteiger charge is -2.29. The largest absolute Gasteiger partial charge is 0.435 e. The van der Waals surface area contributed by atoms with E-state index in [2.05, 4.69) is 20.5 Å². The van der Waals surface area contributed by atoms with Crippen LogP contribution >= 0.6 is 23.2 Å². The number of benzene rings is 3. The lowest BCUT2D eigenvalue weighted by Crippen LogP contribution is -2.42. The first-order valence-electron chi connectivity index (χ1n) is 10.8. The Kier molecular flexibility index (Phi) is 7.34. The van der Waals surface area contributed by atoms with E-state index in [1.54, 1.807) is 31.2 Å². The summed E-state index contributed by atoms with van der Waals surface area (Å²) in [7, 11) is 1.39. The first kappa shape index (κ1) is 26.7. The number of oxime groups is 2. The monoisotopic (exact) mass is 555 g/mol. The third-order valence-electron chi connectivity index (χ3n) is 5.87. The third kappa shape index (κ3) is 4.95. The summed E-state index contributed by atoms with van der Waals surface area (Å²) in [6.45, 7) is 1.82. The molecule has 0 aliphatic carbocycles. The molecular formula is C25H19Cl2F4N3O3. The average Bonchev–Trinajstić information content (AvgIpc) is 3.32. The Morgan fingerprint density at radius 3 is 2.43 bits per heavy atom. The van der Waals surface area contributed by atoms with Crippen LogP contribution in [0.4, 0.5) is 17.6 Å². The number of halogens is 6. The SMILES string of the molecule is CO/N=C(/C)CNC(=O)c1ccc(C2=NOC(c3cc(Cl)c(F)c(Cl)c3)(C(F)(F)F)C2)c2ccccc12. The van der Waals surface area contributed by atoms with Crippen LogP contribution in [0, 0.1) is 5.82 Å². The molecule has 0 aromatic heterocycles. The van der Waals surface area contributed by atoms with Gasteiger partial charge in [-0.3, -0.25) is 4.79 Å². The summed E-state index contributed by atoms with van der Waals surface area (Å²) in [5, 5.41) is 10.1. The van der Waals surface area contributed by atoms with Crippen LogP contribution in [-0.4, -0.2) is 37.2 Å². The van der Waals surface area contributed by atoms with Crippen molar-refractivity contribution in [2.75, 3.05) is 13.7 Å². The summed E-state index contributed by atoms with van der Waals surface area (Å²) in [5.74, 6) is -1.44. The van der Waals surface area contributed by atoms with Gasteiger partial charge in [-0.05, 0) is 35.9 Å². The van der Waals surface area contributed by atoms with Crippen molar-refractivity contribution in [2.45, 2.75) is 25.1 Å². The zero-order chi connectivity index (χ0) is 27.0. The maximum atomic E-state index is 14.4. The molecule has 0 saturated carbocycles. The molecule has 0 bridgehead atoms. The van der Waals surface area contributed by atoms with Crippen LogP contribution in [0.2, 0.25) is 10.0 Å². The number of carbonyl (C=O) groups excluding carboxylic acids is 1. The third-order valence-corrected chi connectivity index (χ3v) is 6.42. The number of alkyl halides is 3. The van der Waals surface area contributed by atoms with Crippen molar-refractivity contribution in [3.05, 3.63) is 81.1 Å². The van der Waals surface area contributed by atoms with Crippen LogP contribution in [-0.2, 0) is 15.3 Å². The Morgan fingerprint density at radius 1 is 1.16 bits per heavy atom. The predicted molar refractivity (Wildman–Crippen MR) is 133 cm³/mol. The van der Waals surface area contributed by atoms with Gasteiger partial charge in [-0.1, -0.05) is 63.8 Å². The fourth-order valence-electron chi connectivity index (χ4n) is 4.08. The van der Waals surface area contributed by atoms with Crippen molar-refractivity contribution >= 4 is 51.3 Å². The van der Waals surface area contributed by atoms with Gasteiger partial charge in [0.2, 0.25) is 0 Å². The summed E-state index contributed by atoms with van der Waals surface area (Å²) in [4.78, 5) is 22.6. The maximum absolute atomic E-state index is 14.4. The fourth-order valence-corrected chi connectivity index (χ4v) is 4.56. The Bertz CT molecular complexity index is 1420. The average molecular weight is 556 g/mol. The standard InChI is InChI=1S/C25H19Cl2F4N3O3/c1-13(33-36-2)12-32-23(35)18-8-7-17(15-5-3-4-6-16(15)18)21-11-24(37-34-21,25(29,30)31)14-9-19(26)22(28)20(27)10-14/h3-10H,11-12H2,1-2H3,(H,32,35)/b33-13-. The molecule has 3 aromatic carbocycles. The highest BCUT2D eigenvalue weighted by Crippen LogP contribution is 2.50. The van der Waals surface area contributed by atoms with E-state index in [0.29, 0.717) is 27.6 Å². The van der Waals surface area contributed by atoms with E-state index in [4.69, 9.17) is 28.0 Å². The molecule has 1 aliphatic heterocycles. The van der Waals surface area contributed by atoms with Gasteiger partial charge in [-0.25, -0.2) is 4.39 Å². The molecule has 1 atom stereocenters. The summed E-state index contributed by atoms with van der Waals surface area (Å²) in [6.07, 6.45) is -5.67. The minimum Gasteiger partial charge on any atom is -0.399 e. The van der Waals surface area contributed by atoms with E-state index in [0.717, 1.165) is 12.1 Å². The maximum Gasteiger partial charge on any atom is 0.435 e. The molecule has 1 aliphatic rings. The molecule has 4 rings (SSSR count). The normalized spacial score (nSPS) is 17.9.